The average molecular weight is 236 g/mol. The summed E-state index contributed by atoms with van der Waals surface area (Å²) in [5.41, 5.74) is 1.44. The molecule has 0 radical (unpaired) electrons. The predicted molar refractivity (Wildman–Crippen MR) is 64.6 cm³/mol. The maximum Gasteiger partial charge on any atom is 0.145 e. The van der Waals surface area contributed by atoms with Gasteiger partial charge in [0.1, 0.15) is 11.9 Å². The fourth-order valence-electron chi connectivity index (χ4n) is 2.39. The maximum absolute atomic E-state index is 10.2. The summed E-state index contributed by atoms with van der Waals surface area (Å²) in [6, 6.07) is 2.16. The van der Waals surface area contributed by atoms with E-state index in [1.54, 1.807) is 11.3 Å². The number of allylic oxidation sites excluding steroid dienone is 1. The zero-order chi connectivity index (χ0) is 11.0. The van der Waals surface area contributed by atoms with Crippen molar-refractivity contribution in [2.45, 2.75) is 38.2 Å². The highest BCUT2D eigenvalue weighted by molar-refractivity contribution is 7.12. The van der Waals surface area contributed by atoms with Gasteiger partial charge in [0.25, 0.3) is 0 Å². The van der Waals surface area contributed by atoms with Crippen LogP contribution in [0.3, 0.4) is 0 Å². The highest BCUT2D eigenvalue weighted by Crippen LogP contribution is 2.36. The minimum atomic E-state index is -0.532. The Labute approximate surface area is 99.6 Å². The minimum Gasteiger partial charge on any atom is -0.495 e. The Morgan fingerprint density at radius 2 is 2.25 bits per heavy atom. The van der Waals surface area contributed by atoms with Gasteiger partial charge < -0.3 is 9.84 Å². The van der Waals surface area contributed by atoms with E-state index in [9.17, 15) is 5.11 Å². The second-order valence-electron chi connectivity index (χ2n) is 4.45. The van der Waals surface area contributed by atoms with E-state index in [4.69, 9.17) is 4.74 Å². The number of aryl methyl sites for hydroxylation is 2. The molecule has 3 heteroatoms. The lowest BCUT2D eigenvalue weighted by Crippen LogP contribution is -2.08. The van der Waals surface area contributed by atoms with Crippen LogP contribution in [0, 0.1) is 0 Å². The van der Waals surface area contributed by atoms with Gasteiger partial charge in [-0.3, -0.25) is 0 Å². The first-order chi connectivity index (χ1) is 7.84. The van der Waals surface area contributed by atoms with Gasteiger partial charge in [0.15, 0.2) is 0 Å². The molecule has 0 saturated heterocycles. The third kappa shape index (κ3) is 1.78. The molecule has 0 fully saturated rings. The molecule has 1 aliphatic carbocycles. The van der Waals surface area contributed by atoms with Crippen molar-refractivity contribution in [2.24, 2.45) is 0 Å². The van der Waals surface area contributed by atoms with Crippen LogP contribution in [0.2, 0.25) is 0 Å². The van der Waals surface area contributed by atoms with E-state index >= 15 is 0 Å². The topological polar surface area (TPSA) is 29.5 Å². The molecule has 0 amide bonds. The summed E-state index contributed by atoms with van der Waals surface area (Å²) >= 11 is 1.75. The molecule has 2 aliphatic rings. The molecular formula is C13H16O2S. The summed E-state index contributed by atoms with van der Waals surface area (Å²) in [7, 11) is 0. The number of hydrogen-bond acceptors (Lipinski definition) is 3. The Kier molecular flexibility index (Phi) is 2.74. The average Bonchev–Trinajstić information content (AvgIpc) is 2.89. The molecule has 0 bridgehead atoms. The SMILES string of the molecule is OC(C1=CCCCO1)c1cc2c(s1)CCC2. The van der Waals surface area contributed by atoms with Crippen molar-refractivity contribution < 1.29 is 9.84 Å². The molecule has 86 valence electrons. The number of fused-ring (bicyclic) bond motifs is 1. The van der Waals surface area contributed by atoms with Crippen molar-refractivity contribution in [3.05, 3.63) is 33.2 Å². The van der Waals surface area contributed by atoms with E-state index in [2.05, 4.69) is 6.07 Å². The Bertz CT molecular complexity index is 398. The molecule has 1 aliphatic heterocycles. The first-order valence-electron chi connectivity index (χ1n) is 5.97. The van der Waals surface area contributed by atoms with Gasteiger partial charge in [0, 0.05) is 9.75 Å². The normalized spacial score (nSPS) is 21.2. The number of aliphatic hydroxyl groups is 1. The van der Waals surface area contributed by atoms with E-state index in [-0.39, 0.29) is 0 Å². The van der Waals surface area contributed by atoms with Gasteiger partial charge in [0.05, 0.1) is 6.61 Å². The van der Waals surface area contributed by atoms with E-state index in [1.165, 1.54) is 29.7 Å². The smallest absolute Gasteiger partial charge is 0.145 e. The summed E-state index contributed by atoms with van der Waals surface area (Å²) in [5, 5.41) is 10.2. The Morgan fingerprint density at radius 3 is 3.00 bits per heavy atom. The molecule has 1 aromatic heterocycles. The van der Waals surface area contributed by atoms with Gasteiger partial charge in [-0.2, -0.15) is 0 Å². The van der Waals surface area contributed by atoms with Gasteiger partial charge in [-0.15, -0.1) is 11.3 Å². The van der Waals surface area contributed by atoms with Crippen molar-refractivity contribution >= 4 is 11.3 Å². The van der Waals surface area contributed by atoms with Crippen LogP contribution in [-0.4, -0.2) is 11.7 Å². The van der Waals surface area contributed by atoms with E-state index in [0.717, 1.165) is 30.1 Å². The van der Waals surface area contributed by atoms with Crippen LogP contribution >= 0.6 is 11.3 Å². The Hall–Kier alpha value is -0.800. The highest BCUT2D eigenvalue weighted by Gasteiger charge is 2.22. The Morgan fingerprint density at radius 1 is 1.31 bits per heavy atom. The van der Waals surface area contributed by atoms with Gasteiger partial charge in [-0.1, -0.05) is 0 Å². The van der Waals surface area contributed by atoms with Crippen molar-refractivity contribution in [1.82, 2.24) is 0 Å². The van der Waals surface area contributed by atoms with Gasteiger partial charge in [-0.05, 0) is 49.8 Å². The quantitative estimate of drug-likeness (QED) is 0.855. The largest absolute Gasteiger partial charge is 0.495 e. The lowest BCUT2D eigenvalue weighted by molar-refractivity contribution is 0.0937. The number of aliphatic hydroxyl groups excluding tert-OH is 1. The lowest BCUT2D eigenvalue weighted by atomic mass is 10.1. The fourth-order valence-corrected chi connectivity index (χ4v) is 3.65. The van der Waals surface area contributed by atoms with Crippen molar-refractivity contribution in [1.29, 1.82) is 0 Å². The van der Waals surface area contributed by atoms with Crippen LogP contribution in [0.5, 0.6) is 0 Å². The molecule has 1 N–H and O–H groups in total. The summed E-state index contributed by atoms with van der Waals surface area (Å²) < 4.78 is 5.51. The van der Waals surface area contributed by atoms with E-state index in [1.807, 2.05) is 6.08 Å². The first kappa shape index (κ1) is 10.4. The third-order valence-electron chi connectivity index (χ3n) is 3.27. The number of hydrogen-bond donors (Lipinski definition) is 1. The predicted octanol–water partition coefficient (Wildman–Crippen LogP) is 2.96. The summed E-state index contributed by atoms with van der Waals surface area (Å²) in [5.74, 6) is 0.756. The lowest BCUT2D eigenvalue weighted by Gasteiger charge is -2.18. The van der Waals surface area contributed by atoms with Crippen molar-refractivity contribution in [2.75, 3.05) is 6.61 Å². The first-order valence-corrected chi connectivity index (χ1v) is 6.78. The molecule has 2 heterocycles. The molecule has 2 nitrogen and oxygen atoms in total. The van der Waals surface area contributed by atoms with Crippen molar-refractivity contribution in [3.8, 4) is 0 Å². The van der Waals surface area contributed by atoms with Crippen LogP contribution in [0.15, 0.2) is 17.9 Å². The maximum atomic E-state index is 10.2. The summed E-state index contributed by atoms with van der Waals surface area (Å²) in [4.78, 5) is 2.52. The summed E-state index contributed by atoms with van der Waals surface area (Å²) in [6.07, 6.45) is 7.23. The van der Waals surface area contributed by atoms with Gasteiger partial charge in [0.2, 0.25) is 0 Å². The molecule has 1 unspecified atom stereocenters. The van der Waals surface area contributed by atoms with Crippen LogP contribution < -0.4 is 0 Å². The minimum absolute atomic E-state index is 0.532. The van der Waals surface area contributed by atoms with Crippen LogP contribution in [0.1, 0.15) is 40.7 Å². The van der Waals surface area contributed by atoms with E-state index in [0.29, 0.717) is 0 Å². The fraction of sp³-hybridized carbons (Fsp3) is 0.538. The molecule has 0 aromatic carbocycles. The zero-order valence-electron chi connectivity index (χ0n) is 9.24. The zero-order valence-corrected chi connectivity index (χ0v) is 10.1. The summed E-state index contributed by atoms with van der Waals surface area (Å²) in [6.45, 7) is 0.744. The van der Waals surface area contributed by atoms with Crippen LogP contribution in [0.25, 0.3) is 0 Å². The van der Waals surface area contributed by atoms with E-state index < -0.39 is 6.10 Å². The molecule has 0 spiro atoms. The molecule has 1 aromatic rings. The second-order valence-corrected chi connectivity index (χ2v) is 5.62. The second kappa shape index (κ2) is 4.22. The molecule has 0 saturated carbocycles. The highest BCUT2D eigenvalue weighted by atomic mass is 32.1. The Balaban J connectivity index is 1.83. The molecule has 3 rings (SSSR count). The van der Waals surface area contributed by atoms with Gasteiger partial charge >= 0.3 is 0 Å². The monoisotopic (exact) mass is 236 g/mol. The number of thiophene rings is 1. The molecule has 16 heavy (non-hydrogen) atoms. The third-order valence-corrected chi connectivity index (χ3v) is 4.56. The van der Waals surface area contributed by atoms with Gasteiger partial charge in [-0.25, -0.2) is 0 Å². The molecular weight excluding hydrogens is 220 g/mol. The standard InChI is InChI=1S/C13H16O2S/c14-13(10-5-1-2-7-15-10)12-8-9-4-3-6-11(9)16-12/h5,8,13-14H,1-4,6-7H2. The number of rotatable bonds is 2. The van der Waals surface area contributed by atoms with Crippen molar-refractivity contribution in [3.63, 3.8) is 0 Å². The van der Waals surface area contributed by atoms with Crippen LogP contribution in [0.4, 0.5) is 0 Å². The van der Waals surface area contributed by atoms with Crippen LogP contribution in [-0.2, 0) is 17.6 Å². The molecule has 1 atom stereocenters. The number of ether oxygens (including phenoxy) is 1.